The van der Waals surface area contributed by atoms with Crippen LogP contribution in [0, 0.1) is 0 Å². The van der Waals surface area contributed by atoms with Crippen LogP contribution in [0.4, 0.5) is 0 Å². The molecule has 0 aromatic heterocycles. The number of rotatable bonds is 35. The van der Waals surface area contributed by atoms with Crippen molar-refractivity contribution in [3.8, 4) is 0 Å². The smallest absolute Gasteiger partial charge is 0.326 e. The fourth-order valence-corrected chi connectivity index (χ4v) is 5.53. The van der Waals surface area contributed by atoms with Gasteiger partial charge in [-0.15, -0.1) is 0 Å². The summed E-state index contributed by atoms with van der Waals surface area (Å²) in [5.41, 5.74) is 5.47. The maximum atomic E-state index is 12.7. The van der Waals surface area contributed by atoms with Crippen LogP contribution in [0.2, 0.25) is 0 Å². The minimum Gasteiger partial charge on any atom is -0.480 e. The van der Waals surface area contributed by atoms with Gasteiger partial charge >= 0.3 is 11.9 Å². The standard InChI is InChI=1S/C43H74N2O5/c1-3-5-7-9-11-13-14-15-16-17-18-19-21-27-31-37-42(47)50-39(33-28-24-20-12-10-8-6-4-2)34-29-25-22-23-26-30-36-41(46)45-40(43(48)49)35-32-38-44/h5,7,11,13,15-16,18-19,28,33,39-40H,3-4,6,8-10,12,14,17,20-27,29-32,34-38,44H2,1-2H3,(H,45,46)(H,48,49)/b7-5-,13-11-,16-15-,19-18-,33-28-. The van der Waals surface area contributed by atoms with Crippen LogP contribution in [0.3, 0.4) is 0 Å². The molecule has 7 heteroatoms. The molecule has 0 heterocycles. The van der Waals surface area contributed by atoms with Crippen LogP contribution >= 0.6 is 0 Å². The Balaban J connectivity index is 4.36. The maximum absolute atomic E-state index is 12.7. The first-order chi connectivity index (χ1) is 24.4. The van der Waals surface area contributed by atoms with Gasteiger partial charge in [0.05, 0.1) is 0 Å². The van der Waals surface area contributed by atoms with Crippen molar-refractivity contribution < 1.29 is 24.2 Å². The monoisotopic (exact) mass is 699 g/mol. The Hall–Kier alpha value is -2.93. The molecule has 0 aromatic carbocycles. The first kappa shape index (κ1) is 47.1. The van der Waals surface area contributed by atoms with Gasteiger partial charge in [0.2, 0.25) is 5.91 Å². The van der Waals surface area contributed by atoms with Crippen molar-refractivity contribution in [2.75, 3.05) is 6.54 Å². The average molecular weight is 699 g/mol. The van der Waals surface area contributed by atoms with E-state index in [4.69, 9.17) is 10.5 Å². The number of allylic oxidation sites excluding steroid dienone is 9. The van der Waals surface area contributed by atoms with E-state index in [0.29, 0.717) is 32.2 Å². The number of amides is 1. The Kier molecular flexibility index (Phi) is 35.1. The molecule has 0 bridgehead atoms. The van der Waals surface area contributed by atoms with E-state index in [1.165, 1.54) is 38.5 Å². The summed E-state index contributed by atoms with van der Waals surface area (Å²) in [5, 5.41) is 11.9. The molecule has 0 aromatic rings. The van der Waals surface area contributed by atoms with Gasteiger partial charge in [0.15, 0.2) is 0 Å². The summed E-state index contributed by atoms with van der Waals surface area (Å²) in [7, 11) is 0. The van der Waals surface area contributed by atoms with Crippen LogP contribution in [0.25, 0.3) is 0 Å². The van der Waals surface area contributed by atoms with E-state index in [-0.39, 0.29) is 18.0 Å². The van der Waals surface area contributed by atoms with Gasteiger partial charge in [0.1, 0.15) is 12.1 Å². The number of esters is 1. The van der Waals surface area contributed by atoms with Crippen LogP contribution < -0.4 is 11.1 Å². The largest absolute Gasteiger partial charge is 0.480 e. The van der Waals surface area contributed by atoms with Crippen molar-refractivity contribution in [2.24, 2.45) is 5.73 Å². The van der Waals surface area contributed by atoms with Crippen LogP contribution in [-0.4, -0.2) is 41.6 Å². The molecule has 0 radical (unpaired) electrons. The highest BCUT2D eigenvalue weighted by atomic mass is 16.5. The SMILES string of the molecule is CC/C=C\C/C=C\C/C=C\C/C=C\CCCCC(=O)OC(/C=C\CCCCCCCC)CCCCCCCCC(=O)NC(CCCN)C(=O)O. The minimum absolute atomic E-state index is 0.101. The normalized spacial score (nSPS) is 13.3. The van der Waals surface area contributed by atoms with Crippen molar-refractivity contribution in [2.45, 2.75) is 187 Å². The lowest BCUT2D eigenvalue weighted by molar-refractivity contribution is -0.147. The number of unbranched alkanes of at least 4 members (excludes halogenated alkanes) is 13. The summed E-state index contributed by atoms with van der Waals surface area (Å²) in [6.07, 6.45) is 45.6. The molecule has 0 aliphatic rings. The topological polar surface area (TPSA) is 119 Å². The number of carbonyl (C=O) groups is 3. The summed E-state index contributed by atoms with van der Waals surface area (Å²) in [4.78, 5) is 36.1. The molecule has 0 saturated carbocycles. The molecule has 0 aliphatic carbocycles. The van der Waals surface area contributed by atoms with Gasteiger partial charge in [-0.1, -0.05) is 126 Å². The van der Waals surface area contributed by atoms with Crippen LogP contribution in [0.5, 0.6) is 0 Å². The van der Waals surface area contributed by atoms with Gasteiger partial charge < -0.3 is 20.9 Å². The first-order valence-corrected chi connectivity index (χ1v) is 20.1. The molecule has 0 fully saturated rings. The van der Waals surface area contributed by atoms with E-state index in [0.717, 1.165) is 96.3 Å². The number of hydrogen-bond donors (Lipinski definition) is 3. The van der Waals surface area contributed by atoms with Crippen molar-refractivity contribution in [3.05, 3.63) is 60.8 Å². The Morgan fingerprint density at radius 3 is 1.80 bits per heavy atom. The van der Waals surface area contributed by atoms with Crippen molar-refractivity contribution >= 4 is 17.8 Å². The van der Waals surface area contributed by atoms with Gasteiger partial charge in [-0.05, 0) is 103 Å². The molecule has 7 nitrogen and oxygen atoms in total. The zero-order valence-electron chi connectivity index (χ0n) is 32.0. The van der Waals surface area contributed by atoms with Crippen molar-refractivity contribution in [3.63, 3.8) is 0 Å². The molecule has 50 heavy (non-hydrogen) atoms. The van der Waals surface area contributed by atoms with E-state index in [1.54, 1.807) is 0 Å². The summed E-state index contributed by atoms with van der Waals surface area (Å²) in [6, 6.07) is -0.857. The molecule has 0 rings (SSSR count). The number of nitrogens with one attached hydrogen (secondary N) is 1. The van der Waals surface area contributed by atoms with E-state index < -0.39 is 12.0 Å². The number of carbonyl (C=O) groups excluding carboxylic acids is 2. The van der Waals surface area contributed by atoms with Crippen molar-refractivity contribution in [1.82, 2.24) is 5.32 Å². The lowest BCUT2D eigenvalue weighted by Gasteiger charge is -2.15. The summed E-state index contributed by atoms with van der Waals surface area (Å²) in [6.45, 7) is 4.80. The zero-order valence-corrected chi connectivity index (χ0v) is 32.0. The highest BCUT2D eigenvalue weighted by Crippen LogP contribution is 2.15. The Morgan fingerprint density at radius 2 is 1.16 bits per heavy atom. The highest BCUT2D eigenvalue weighted by molar-refractivity contribution is 5.83. The molecule has 286 valence electrons. The molecule has 0 spiro atoms. The van der Waals surface area contributed by atoms with E-state index in [1.807, 2.05) is 0 Å². The van der Waals surface area contributed by atoms with Gasteiger partial charge in [-0.2, -0.15) is 0 Å². The molecule has 2 atom stereocenters. The van der Waals surface area contributed by atoms with Gasteiger partial charge in [-0.25, -0.2) is 4.79 Å². The number of carboxylic acid groups (broad SMARTS) is 1. The number of hydrogen-bond acceptors (Lipinski definition) is 5. The highest BCUT2D eigenvalue weighted by Gasteiger charge is 2.18. The predicted molar refractivity (Wildman–Crippen MR) is 211 cm³/mol. The maximum Gasteiger partial charge on any atom is 0.326 e. The van der Waals surface area contributed by atoms with Crippen molar-refractivity contribution in [1.29, 1.82) is 0 Å². The van der Waals surface area contributed by atoms with Gasteiger partial charge in [0.25, 0.3) is 0 Å². The van der Waals surface area contributed by atoms with E-state index in [9.17, 15) is 19.5 Å². The third kappa shape index (κ3) is 33.6. The van der Waals surface area contributed by atoms with Crippen LogP contribution in [-0.2, 0) is 19.1 Å². The molecule has 0 saturated heterocycles. The van der Waals surface area contributed by atoms with Gasteiger partial charge in [0, 0.05) is 12.8 Å². The first-order valence-electron chi connectivity index (χ1n) is 20.1. The minimum atomic E-state index is -1.01. The molecular weight excluding hydrogens is 624 g/mol. The summed E-state index contributed by atoms with van der Waals surface area (Å²) in [5.74, 6) is -1.32. The van der Waals surface area contributed by atoms with E-state index >= 15 is 0 Å². The molecule has 2 unspecified atom stereocenters. The summed E-state index contributed by atoms with van der Waals surface area (Å²) < 4.78 is 5.92. The third-order valence-corrected chi connectivity index (χ3v) is 8.55. The Labute approximate surface area is 306 Å². The number of aliphatic carboxylic acids is 1. The Bertz CT molecular complexity index is 968. The van der Waals surface area contributed by atoms with Crippen LogP contribution in [0.15, 0.2) is 60.8 Å². The zero-order chi connectivity index (χ0) is 36.8. The lowest BCUT2D eigenvalue weighted by atomic mass is 10.0. The number of nitrogens with two attached hydrogens (primary N) is 1. The number of carboxylic acids is 1. The average Bonchev–Trinajstić information content (AvgIpc) is 3.10. The summed E-state index contributed by atoms with van der Waals surface area (Å²) >= 11 is 0. The predicted octanol–water partition coefficient (Wildman–Crippen LogP) is 11.0. The van der Waals surface area contributed by atoms with Crippen LogP contribution in [0.1, 0.15) is 174 Å². The second kappa shape index (κ2) is 37.3. The van der Waals surface area contributed by atoms with Gasteiger partial charge in [-0.3, -0.25) is 9.59 Å². The quantitative estimate of drug-likeness (QED) is 0.0344. The number of ether oxygens (including phenoxy) is 1. The molecule has 4 N–H and O–H groups in total. The van der Waals surface area contributed by atoms with E-state index in [2.05, 4.69) is 79.9 Å². The molecular formula is C43H74N2O5. The fourth-order valence-electron chi connectivity index (χ4n) is 5.53. The second-order valence-electron chi connectivity index (χ2n) is 13.3. The third-order valence-electron chi connectivity index (χ3n) is 8.55. The Morgan fingerprint density at radius 1 is 0.620 bits per heavy atom. The molecule has 0 aliphatic heterocycles. The lowest BCUT2D eigenvalue weighted by Crippen LogP contribution is -2.40. The fraction of sp³-hybridized carbons (Fsp3) is 0.698. The second-order valence-corrected chi connectivity index (χ2v) is 13.3. The molecule has 1 amide bonds.